The van der Waals surface area contributed by atoms with Crippen molar-refractivity contribution in [1.29, 1.82) is 0 Å². The normalized spacial score (nSPS) is 12.4. The van der Waals surface area contributed by atoms with Gasteiger partial charge in [0.25, 0.3) is 0 Å². The molecule has 142 valence electrons. The van der Waals surface area contributed by atoms with E-state index in [1.165, 1.54) is 30.5 Å². The molecule has 0 atom stereocenters. The monoisotopic (exact) mass is 404 g/mol. The van der Waals surface area contributed by atoms with Gasteiger partial charge in [0, 0.05) is 13.5 Å². The zero-order chi connectivity index (χ0) is 19.4. The zero-order valence-electron chi connectivity index (χ0n) is 15.0. The predicted molar refractivity (Wildman–Crippen MR) is 106 cm³/mol. The number of carbonyl (C=O) groups is 1. The summed E-state index contributed by atoms with van der Waals surface area (Å²) in [4.78, 5) is 13.0. The highest BCUT2D eigenvalue weighted by atomic mass is 32.2. The van der Waals surface area contributed by atoms with Crippen LogP contribution in [-0.2, 0) is 28.3 Å². The highest BCUT2D eigenvalue weighted by molar-refractivity contribution is 7.89. The van der Waals surface area contributed by atoms with Crippen molar-refractivity contribution in [3.05, 3.63) is 58.9 Å². The van der Waals surface area contributed by atoms with Crippen LogP contribution in [0.2, 0.25) is 0 Å². The van der Waals surface area contributed by atoms with Crippen molar-refractivity contribution in [1.82, 2.24) is 14.7 Å². The molecule has 0 saturated carbocycles. The van der Waals surface area contributed by atoms with Gasteiger partial charge >= 0.3 is 0 Å². The van der Waals surface area contributed by atoms with Crippen LogP contribution >= 0.6 is 11.3 Å². The number of hydrogen-bond donors (Lipinski definition) is 2. The summed E-state index contributed by atoms with van der Waals surface area (Å²) >= 11 is 1.51. The number of rotatable bonds is 6. The molecule has 9 heteroatoms. The van der Waals surface area contributed by atoms with Crippen LogP contribution in [0.4, 0.5) is 0 Å². The van der Waals surface area contributed by atoms with Gasteiger partial charge in [0.2, 0.25) is 20.7 Å². The van der Waals surface area contributed by atoms with Crippen molar-refractivity contribution >= 4 is 37.5 Å². The molecule has 3 rings (SSSR count). The molecule has 0 bridgehead atoms. The smallest absolute Gasteiger partial charge is 0.240 e. The van der Waals surface area contributed by atoms with E-state index in [2.05, 4.69) is 15.2 Å². The Morgan fingerprint density at radius 3 is 2.52 bits per heavy atom. The Hall–Kier alpha value is -2.49. The lowest BCUT2D eigenvalue weighted by Gasteiger charge is -2.04. The van der Waals surface area contributed by atoms with Crippen LogP contribution in [0, 0.1) is 0 Å². The molecule has 0 unspecified atom stereocenters. The van der Waals surface area contributed by atoms with Gasteiger partial charge < -0.3 is 4.57 Å². The fourth-order valence-corrected chi connectivity index (χ4v) is 4.27. The van der Waals surface area contributed by atoms with E-state index >= 15 is 0 Å². The summed E-state index contributed by atoms with van der Waals surface area (Å²) in [6, 6.07) is 14.4. The van der Waals surface area contributed by atoms with Crippen molar-refractivity contribution in [3.8, 4) is 0 Å². The highest BCUT2D eigenvalue weighted by Gasteiger charge is 2.10. The Kier molecular flexibility index (Phi) is 5.73. The number of para-hydroxylation sites is 1. The van der Waals surface area contributed by atoms with Gasteiger partial charge in [0.05, 0.1) is 15.1 Å². The number of nitrogens with one attached hydrogen (secondary N) is 2. The van der Waals surface area contributed by atoms with E-state index in [1.807, 2.05) is 35.9 Å². The van der Waals surface area contributed by atoms with E-state index in [4.69, 9.17) is 0 Å². The summed E-state index contributed by atoms with van der Waals surface area (Å²) in [6.45, 7) is 0. The fourth-order valence-electron chi connectivity index (χ4n) is 2.57. The van der Waals surface area contributed by atoms with Crippen molar-refractivity contribution < 1.29 is 13.2 Å². The van der Waals surface area contributed by atoms with Crippen LogP contribution in [0.1, 0.15) is 12.0 Å². The maximum absolute atomic E-state index is 12.1. The Morgan fingerprint density at radius 1 is 1.15 bits per heavy atom. The molecular weight excluding hydrogens is 384 g/mol. The minimum Gasteiger partial charge on any atom is -0.318 e. The molecule has 0 radical (unpaired) electrons. The van der Waals surface area contributed by atoms with Crippen LogP contribution in [-0.4, -0.2) is 25.9 Å². The van der Waals surface area contributed by atoms with Crippen molar-refractivity contribution in [2.24, 2.45) is 12.1 Å². The second-order valence-corrected chi connectivity index (χ2v) is 8.81. The Labute approximate surface area is 161 Å². The molecule has 0 saturated heterocycles. The number of aromatic nitrogens is 1. The lowest BCUT2D eigenvalue weighted by molar-refractivity contribution is -0.121. The van der Waals surface area contributed by atoms with Gasteiger partial charge in [-0.05, 0) is 43.3 Å². The number of fused-ring (bicyclic) bond motifs is 1. The van der Waals surface area contributed by atoms with Crippen LogP contribution < -0.4 is 14.9 Å². The lowest BCUT2D eigenvalue weighted by atomic mass is 10.1. The SMILES string of the molecule is CNS(=O)(=O)c1ccc(CCC(=O)N/N=c2\sc3ccccc3n2C)cc1. The molecule has 27 heavy (non-hydrogen) atoms. The topological polar surface area (TPSA) is 92.6 Å². The maximum atomic E-state index is 12.1. The molecule has 0 aliphatic rings. The van der Waals surface area contributed by atoms with E-state index in [-0.39, 0.29) is 17.2 Å². The number of hydrogen-bond acceptors (Lipinski definition) is 5. The summed E-state index contributed by atoms with van der Waals surface area (Å²) in [5.74, 6) is -0.195. The largest absolute Gasteiger partial charge is 0.318 e. The van der Waals surface area contributed by atoms with E-state index < -0.39 is 10.0 Å². The molecule has 1 heterocycles. The molecule has 7 nitrogen and oxygen atoms in total. The summed E-state index contributed by atoms with van der Waals surface area (Å²) in [5, 5.41) is 4.21. The standard InChI is InChI=1S/C18H20N4O3S2/c1-19-27(24,25)14-10-7-13(8-11-14)9-12-17(23)20-21-18-22(2)15-5-3-4-6-16(15)26-18/h3-8,10-11,19H,9,12H2,1-2H3,(H,20,23)/b21-18-. The quantitative estimate of drug-likeness (QED) is 0.613. The number of thiazole rings is 1. The number of benzene rings is 2. The van der Waals surface area contributed by atoms with Gasteiger partial charge in [-0.3, -0.25) is 4.79 Å². The highest BCUT2D eigenvalue weighted by Crippen LogP contribution is 2.15. The molecule has 1 aromatic heterocycles. The number of nitrogens with zero attached hydrogens (tertiary/aromatic N) is 2. The molecule has 0 aliphatic heterocycles. The Bertz CT molecular complexity index is 1130. The van der Waals surface area contributed by atoms with Gasteiger partial charge in [-0.2, -0.15) is 0 Å². The number of carbonyl (C=O) groups excluding carboxylic acids is 1. The first-order valence-corrected chi connectivity index (χ1v) is 10.6. The summed E-state index contributed by atoms with van der Waals surface area (Å²) in [6.07, 6.45) is 0.760. The first-order valence-electron chi connectivity index (χ1n) is 8.30. The number of amides is 1. The van der Waals surface area contributed by atoms with E-state index in [9.17, 15) is 13.2 Å². The van der Waals surface area contributed by atoms with Crippen molar-refractivity contribution in [3.63, 3.8) is 0 Å². The minimum atomic E-state index is -3.45. The molecule has 2 N–H and O–H groups in total. The summed E-state index contributed by atoms with van der Waals surface area (Å²) in [7, 11) is -0.170. The van der Waals surface area contributed by atoms with E-state index in [0.717, 1.165) is 15.8 Å². The zero-order valence-corrected chi connectivity index (χ0v) is 16.6. The average molecular weight is 405 g/mol. The first-order chi connectivity index (χ1) is 12.9. The predicted octanol–water partition coefficient (Wildman–Crippen LogP) is 1.71. The van der Waals surface area contributed by atoms with E-state index in [0.29, 0.717) is 11.2 Å². The van der Waals surface area contributed by atoms with Crippen LogP contribution in [0.25, 0.3) is 10.2 Å². The Balaban J connectivity index is 1.62. The van der Waals surface area contributed by atoms with Gasteiger partial charge in [-0.1, -0.05) is 35.6 Å². The third-order valence-corrected chi connectivity index (χ3v) is 6.68. The van der Waals surface area contributed by atoms with Gasteiger partial charge in [0.1, 0.15) is 0 Å². The Morgan fingerprint density at radius 2 is 1.85 bits per heavy atom. The van der Waals surface area contributed by atoms with Gasteiger partial charge in [0.15, 0.2) is 0 Å². The van der Waals surface area contributed by atoms with Crippen molar-refractivity contribution in [2.45, 2.75) is 17.7 Å². The van der Waals surface area contributed by atoms with Crippen LogP contribution in [0.5, 0.6) is 0 Å². The third kappa shape index (κ3) is 4.44. The molecule has 0 aliphatic carbocycles. The second-order valence-electron chi connectivity index (χ2n) is 5.91. The lowest BCUT2D eigenvalue weighted by Crippen LogP contribution is -2.23. The average Bonchev–Trinajstić information content (AvgIpc) is 3.01. The van der Waals surface area contributed by atoms with E-state index in [1.54, 1.807) is 12.1 Å². The number of aryl methyl sites for hydroxylation is 2. The summed E-state index contributed by atoms with van der Waals surface area (Å²) in [5.41, 5.74) is 4.53. The first kappa shape index (κ1) is 19.3. The number of sulfonamides is 1. The van der Waals surface area contributed by atoms with Gasteiger partial charge in [-0.25, -0.2) is 18.6 Å². The molecule has 2 aromatic carbocycles. The molecular formula is C18H20N4O3S2. The molecule has 0 spiro atoms. The maximum Gasteiger partial charge on any atom is 0.240 e. The molecule has 0 fully saturated rings. The van der Waals surface area contributed by atoms with Gasteiger partial charge in [-0.15, -0.1) is 5.10 Å². The second kappa shape index (κ2) is 8.03. The third-order valence-electron chi connectivity index (χ3n) is 4.13. The summed E-state index contributed by atoms with van der Waals surface area (Å²) < 4.78 is 28.7. The fraction of sp³-hybridized carbons (Fsp3) is 0.222. The van der Waals surface area contributed by atoms with Crippen LogP contribution in [0.15, 0.2) is 58.5 Å². The van der Waals surface area contributed by atoms with Crippen LogP contribution in [0.3, 0.4) is 0 Å². The molecule has 3 aromatic rings. The van der Waals surface area contributed by atoms with Crippen molar-refractivity contribution in [2.75, 3.05) is 7.05 Å². The minimum absolute atomic E-state index is 0.195. The molecule has 1 amide bonds.